The zero-order chi connectivity index (χ0) is 9.36. The average Bonchev–Trinajstić information content (AvgIpc) is 2.63. The largest absolute Gasteiger partial charge is 0.502 e. The number of nitrogens with one attached hydrogen (secondary N) is 2. The number of hydrogen-bond acceptors (Lipinski definition) is 3. The molecule has 13 heavy (non-hydrogen) atoms. The molecule has 0 amide bonds. The van der Waals surface area contributed by atoms with E-state index in [0.717, 1.165) is 31.8 Å². The molecule has 0 aliphatic heterocycles. The van der Waals surface area contributed by atoms with Crippen molar-refractivity contribution < 1.29 is 4.74 Å². The van der Waals surface area contributed by atoms with Crippen LogP contribution in [0.2, 0.25) is 0 Å². The summed E-state index contributed by atoms with van der Waals surface area (Å²) >= 11 is 0. The minimum Gasteiger partial charge on any atom is -0.502 e. The number of aromatic nitrogens is 2. The number of aromatic amines is 1. The average molecular weight is 181 g/mol. The van der Waals surface area contributed by atoms with E-state index >= 15 is 0 Å². The van der Waals surface area contributed by atoms with Crippen LogP contribution in [0, 0.1) is 0 Å². The zero-order valence-corrected chi connectivity index (χ0v) is 7.62. The number of H-pyrrole nitrogens is 1. The van der Waals surface area contributed by atoms with Crippen LogP contribution in [0.5, 0.6) is 0 Å². The van der Waals surface area contributed by atoms with Crippen LogP contribution in [0.1, 0.15) is 12.1 Å². The molecular formula is C9H15N3O. The van der Waals surface area contributed by atoms with Crippen LogP contribution in [0.3, 0.4) is 0 Å². The Morgan fingerprint density at radius 3 is 3.31 bits per heavy atom. The van der Waals surface area contributed by atoms with E-state index in [1.807, 2.05) is 6.07 Å². The van der Waals surface area contributed by atoms with Crippen LogP contribution in [0.15, 0.2) is 25.1 Å². The van der Waals surface area contributed by atoms with Crippen LogP contribution in [-0.4, -0.2) is 23.3 Å². The molecule has 0 fully saturated rings. The lowest BCUT2D eigenvalue weighted by atomic mass is 10.4. The van der Waals surface area contributed by atoms with Gasteiger partial charge in [-0.1, -0.05) is 6.58 Å². The molecule has 0 aliphatic carbocycles. The third-order valence-corrected chi connectivity index (χ3v) is 1.61. The molecule has 0 saturated heterocycles. The smallest absolute Gasteiger partial charge is 0.0885 e. The summed E-state index contributed by atoms with van der Waals surface area (Å²) in [6.45, 7) is 5.95. The Labute approximate surface area is 78.0 Å². The summed E-state index contributed by atoms with van der Waals surface area (Å²) in [4.78, 5) is 0. The van der Waals surface area contributed by atoms with Gasteiger partial charge >= 0.3 is 0 Å². The van der Waals surface area contributed by atoms with Gasteiger partial charge in [-0.15, -0.1) is 0 Å². The van der Waals surface area contributed by atoms with Crippen molar-refractivity contribution in [3.05, 3.63) is 30.8 Å². The fourth-order valence-corrected chi connectivity index (χ4v) is 0.970. The Balaban J connectivity index is 1.93. The van der Waals surface area contributed by atoms with Crippen LogP contribution >= 0.6 is 0 Å². The molecule has 0 bridgehead atoms. The van der Waals surface area contributed by atoms with Crippen molar-refractivity contribution in [2.24, 2.45) is 0 Å². The molecule has 4 nitrogen and oxygen atoms in total. The maximum atomic E-state index is 4.97. The molecule has 0 aromatic carbocycles. The van der Waals surface area contributed by atoms with Gasteiger partial charge in [-0.05, 0) is 19.0 Å². The van der Waals surface area contributed by atoms with Crippen molar-refractivity contribution >= 4 is 0 Å². The maximum Gasteiger partial charge on any atom is 0.0885 e. The Morgan fingerprint density at radius 2 is 2.62 bits per heavy atom. The van der Waals surface area contributed by atoms with E-state index in [1.54, 1.807) is 6.20 Å². The molecular weight excluding hydrogens is 166 g/mol. The Morgan fingerprint density at radius 1 is 1.69 bits per heavy atom. The van der Waals surface area contributed by atoms with Crippen molar-refractivity contribution in [1.82, 2.24) is 15.5 Å². The predicted octanol–water partition coefficient (Wildman–Crippen LogP) is 1.05. The molecule has 1 aromatic heterocycles. The summed E-state index contributed by atoms with van der Waals surface area (Å²) in [5.74, 6) is 0. The summed E-state index contributed by atoms with van der Waals surface area (Å²) in [7, 11) is 0. The van der Waals surface area contributed by atoms with E-state index in [2.05, 4.69) is 22.1 Å². The topological polar surface area (TPSA) is 49.9 Å². The zero-order valence-electron chi connectivity index (χ0n) is 7.62. The summed E-state index contributed by atoms with van der Waals surface area (Å²) < 4.78 is 4.97. The third-order valence-electron chi connectivity index (χ3n) is 1.61. The first-order valence-electron chi connectivity index (χ1n) is 4.35. The second-order valence-corrected chi connectivity index (χ2v) is 2.65. The van der Waals surface area contributed by atoms with Crippen LogP contribution in [0.4, 0.5) is 0 Å². The van der Waals surface area contributed by atoms with Gasteiger partial charge in [0.25, 0.3) is 0 Å². The van der Waals surface area contributed by atoms with Crippen LogP contribution in [0.25, 0.3) is 0 Å². The molecule has 0 radical (unpaired) electrons. The standard InChI is InChI=1S/C9H15N3O/c1-2-13-7-3-5-10-8-9-4-6-11-12-9/h2,4,6,10H,1,3,5,7-8H2,(H,11,12). The highest BCUT2D eigenvalue weighted by Crippen LogP contribution is 1.89. The van der Waals surface area contributed by atoms with Crippen molar-refractivity contribution in [3.63, 3.8) is 0 Å². The number of hydrogen-bond donors (Lipinski definition) is 2. The summed E-state index contributed by atoms with van der Waals surface area (Å²) in [5.41, 5.74) is 1.10. The molecule has 0 atom stereocenters. The van der Waals surface area contributed by atoms with Crippen molar-refractivity contribution in [1.29, 1.82) is 0 Å². The highest BCUT2D eigenvalue weighted by atomic mass is 16.5. The molecule has 0 saturated carbocycles. The lowest BCUT2D eigenvalue weighted by Gasteiger charge is -2.02. The quantitative estimate of drug-likeness (QED) is 0.488. The Kier molecular flexibility index (Phi) is 4.71. The van der Waals surface area contributed by atoms with Crippen molar-refractivity contribution in [2.45, 2.75) is 13.0 Å². The maximum absolute atomic E-state index is 4.97. The molecule has 0 aliphatic rings. The Bertz CT molecular complexity index is 221. The number of ether oxygens (including phenoxy) is 1. The van der Waals surface area contributed by atoms with E-state index in [0.29, 0.717) is 0 Å². The molecule has 0 spiro atoms. The van der Waals surface area contributed by atoms with E-state index in [1.165, 1.54) is 6.26 Å². The van der Waals surface area contributed by atoms with E-state index in [4.69, 9.17) is 4.74 Å². The summed E-state index contributed by atoms with van der Waals surface area (Å²) in [5, 5.41) is 9.99. The fraction of sp³-hybridized carbons (Fsp3) is 0.444. The van der Waals surface area contributed by atoms with E-state index < -0.39 is 0 Å². The normalized spacial score (nSPS) is 9.85. The summed E-state index contributed by atoms with van der Waals surface area (Å²) in [6, 6.07) is 1.95. The first-order valence-corrected chi connectivity index (χ1v) is 4.35. The van der Waals surface area contributed by atoms with E-state index in [-0.39, 0.29) is 0 Å². The molecule has 0 unspecified atom stereocenters. The molecule has 1 heterocycles. The lowest BCUT2D eigenvalue weighted by molar-refractivity contribution is 0.244. The highest BCUT2D eigenvalue weighted by Gasteiger charge is 1.91. The molecule has 1 rings (SSSR count). The monoisotopic (exact) mass is 181 g/mol. The highest BCUT2D eigenvalue weighted by molar-refractivity contribution is 4.96. The van der Waals surface area contributed by atoms with Crippen molar-refractivity contribution in [3.8, 4) is 0 Å². The van der Waals surface area contributed by atoms with Gasteiger partial charge in [0.05, 0.1) is 12.9 Å². The van der Waals surface area contributed by atoms with Gasteiger partial charge in [0.15, 0.2) is 0 Å². The number of nitrogens with zero attached hydrogens (tertiary/aromatic N) is 1. The molecule has 1 aromatic rings. The van der Waals surface area contributed by atoms with Gasteiger partial charge in [-0.3, -0.25) is 5.10 Å². The van der Waals surface area contributed by atoms with Gasteiger partial charge in [0.1, 0.15) is 0 Å². The van der Waals surface area contributed by atoms with Gasteiger partial charge in [-0.2, -0.15) is 5.10 Å². The minimum absolute atomic E-state index is 0.722. The first kappa shape index (κ1) is 9.80. The third kappa shape index (κ3) is 4.32. The SMILES string of the molecule is C=COCCCNCc1ccn[nH]1. The molecule has 2 N–H and O–H groups in total. The van der Waals surface area contributed by atoms with Crippen LogP contribution < -0.4 is 5.32 Å². The van der Waals surface area contributed by atoms with Gasteiger partial charge in [-0.25, -0.2) is 0 Å². The van der Waals surface area contributed by atoms with Gasteiger partial charge < -0.3 is 10.1 Å². The fourth-order valence-electron chi connectivity index (χ4n) is 0.970. The van der Waals surface area contributed by atoms with Crippen molar-refractivity contribution in [2.75, 3.05) is 13.2 Å². The second kappa shape index (κ2) is 6.25. The summed E-state index contributed by atoms with van der Waals surface area (Å²) in [6.07, 6.45) is 4.20. The van der Waals surface area contributed by atoms with E-state index in [9.17, 15) is 0 Å². The first-order chi connectivity index (χ1) is 6.43. The number of rotatable bonds is 7. The predicted molar refractivity (Wildman–Crippen MR) is 51.1 cm³/mol. The van der Waals surface area contributed by atoms with Gasteiger partial charge in [0.2, 0.25) is 0 Å². The minimum atomic E-state index is 0.722. The van der Waals surface area contributed by atoms with Gasteiger partial charge in [0, 0.05) is 18.4 Å². The van der Waals surface area contributed by atoms with Crippen LogP contribution in [-0.2, 0) is 11.3 Å². The molecule has 72 valence electrons. The second-order valence-electron chi connectivity index (χ2n) is 2.65. The lowest BCUT2D eigenvalue weighted by Crippen LogP contribution is -2.16. The molecule has 4 heteroatoms. The Hall–Kier alpha value is -1.29.